The molecular formula is C12H17N3O2S. The van der Waals surface area contributed by atoms with Crippen molar-refractivity contribution >= 4 is 23.1 Å². The first kappa shape index (κ1) is 14.4. The molecule has 0 radical (unpaired) electrons. The van der Waals surface area contributed by atoms with Crippen LogP contribution in [0.4, 0.5) is 0 Å². The van der Waals surface area contributed by atoms with E-state index in [1.54, 1.807) is 18.3 Å². The van der Waals surface area contributed by atoms with Crippen LogP contribution in [0.3, 0.4) is 0 Å². The molecule has 0 aliphatic carbocycles. The lowest BCUT2D eigenvalue weighted by Crippen LogP contribution is -2.41. The van der Waals surface area contributed by atoms with Crippen LogP contribution in [0.15, 0.2) is 18.3 Å². The second-order valence-electron chi connectivity index (χ2n) is 4.49. The standard InChI is InChI=1S/C12H17N3O2S/c1-12(2,11(13)18)7-15-9(16)8-5-4-6-14-10(8)17-3/h4-6H,7H2,1-3H3,(H2,13,18)(H,15,16). The quantitative estimate of drug-likeness (QED) is 0.782. The van der Waals surface area contributed by atoms with E-state index >= 15 is 0 Å². The van der Waals surface area contributed by atoms with Crippen molar-refractivity contribution in [2.45, 2.75) is 13.8 Å². The van der Waals surface area contributed by atoms with Gasteiger partial charge >= 0.3 is 0 Å². The molecule has 1 aromatic rings. The number of nitrogens with zero attached hydrogens (tertiary/aromatic N) is 1. The zero-order chi connectivity index (χ0) is 13.8. The number of rotatable bonds is 5. The number of amides is 1. The molecule has 1 heterocycles. The third kappa shape index (κ3) is 3.40. The summed E-state index contributed by atoms with van der Waals surface area (Å²) < 4.78 is 5.02. The Labute approximate surface area is 112 Å². The molecule has 98 valence electrons. The molecule has 0 fully saturated rings. The minimum atomic E-state index is -0.430. The highest BCUT2D eigenvalue weighted by Crippen LogP contribution is 2.16. The highest BCUT2D eigenvalue weighted by atomic mass is 32.1. The topological polar surface area (TPSA) is 77.2 Å². The molecular weight excluding hydrogens is 250 g/mol. The fraction of sp³-hybridized carbons (Fsp3) is 0.417. The van der Waals surface area contributed by atoms with E-state index in [1.165, 1.54) is 7.11 Å². The third-order valence-corrected chi connectivity index (χ3v) is 3.12. The van der Waals surface area contributed by atoms with Crippen LogP contribution in [0, 0.1) is 5.41 Å². The van der Waals surface area contributed by atoms with Gasteiger partial charge in [0.25, 0.3) is 5.91 Å². The summed E-state index contributed by atoms with van der Waals surface area (Å²) in [6.07, 6.45) is 1.56. The maximum absolute atomic E-state index is 12.0. The number of carbonyl (C=O) groups excluding carboxylic acids is 1. The number of carbonyl (C=O) groups is 1. The van der Waals surface area contributed by atoms with Gasteiger partial charge in [0.2, 0.25) is 5.88 Å². The van der Waals surface area contributed by atoms with E-state index in [1.807, 2.05) is 13.8 Å². The zero-order valence-electron chi connectivity index (χ0n) is 10.7. The SMILES string of the molecule is COc1ncccc1C(=O)NCC(C)(C)C(N)=S. The highest BCUT2D eigenvalue weighted by Gasteiger charge is 2.23. The van der Waals surface area contributed by atoms with Crippen LogP contribution in [0.25, 0.3) is 0 Å². The molecule has 0 aliphatic heterocycles. The van der Waals surface area contributed by atoms with Crippen LogP contribution in [-0.2, 0) is 0 Å². The average Bonchev–Trinajstić information content (AvgIpc) is 2.35. The van der Waals surface area contributed by atoms with Crippen molar-refractivity contribution in [2.75, 3.05) is 13.7 Å². The van der Waals surface area contributed by atoms with E-state index in [4.69, 9.17) is 22.7 Å². The van der Waals surface area contributed by atoms with Crippen molar-refractivity contribution in [2.24, 2.45) is 11.1 Å². The fourth-order valence-electron chi connectivity index (χ4n) is 1.21. The van der Waals surface area contributed by atoms with Crippen molar-refractivity contribution < 1.29 is 9.53 Å². The smallest absolute Gasteiger partial charge is 0.256 e. The molecule has 1 aromatic heterocycles. The number of hydrogen-bond acceptors (Lipinski definition) is 4. The molecule has 18 heavy (non-hydrogen) atoms. The number of thiocarbonyl (C=S) groups is 1. The Morgan fingerprint density at radius 3 is 2.83 bits per heavy atom. The van der Waals surface area contributed by atoms with Crippen molar-refractivity contribution in [3.05, 3.63) is 23.9 Å². The van der Waals surface area contributed by atoms with Gasteiger partial charge in [0.15, 0.2) is 0 Å². The molecule has 0 saturated heterocycles. The molecule has 1 amide bonds. The zero-order valence-corrected chi connectivity index (χ0v) is 11.5. The molecule has 0 aliphatic rings. The van der Waals surface area contributed by atoms with Crippen LogP contribution in [-0.4, -0.2) is 29.5 Å². The Bertz CT molecular complexity index is 460. The molecule has 0 spiro atoms. The summed E-state index contributed by atoms with van der Waals surface area (Å²) in [5.74, 6) is 0.0346. The van der Waals surface area contributed by atoms with E-state index in [2.05, 4.69) is 10.3 Å². The summed E-state index contributed by atoms with van der Waals surface area (Å²) in [4.78, 5) is 16.3. The van der Waals surface area contributed by atoms with Crippen LogP contribution >= 0.6 is 12.2 Å². The molecule has 0 aromatic carbocycles. The first-order chi connectivity index (χ1) is 8.38. The van der Waals surface area contributed by atoms with Crippen LogP contribution < -0.4 is 15.8 Å². The summed E-state index contributed by atoms with van der Waals surface area (Å²) in [6, 6.07) is 3.32. The number of nitrogens with one attached hydrogen (secondary N) is 1. The number of ether oxygens (including phenoxy) is 1. The number of hydrogen-bond donors (Lipinski definition) is 2. The molecule has 0 unspecified atom stereocenters. The summed E-state index contributed by atoms with van der Waals surface area (Å²) in [5, 5.41) is 2.77. The molecule has 0 bridgehead atoms. The van der Waals surface area contributed by atoms with E-state index in [-0.39, 0.29) is 5.91 Å². The van der Waals surface area contributed by atoms with E-state index in [0.717, 1.165) is 0 Å². The van der Waals surface area contributed by atoms with Gasteiger partial charge in [-0.1, -0.05) is 26.1 Å². The number of aromatic nitrogens is 1. The van der Waals surface area contributed by atoms with Crippen molar-refractivity contribution in [1.82, 2.24) is 10.3 Å². The Kier molecular flexibility index (Phi) is 4.61. The van der Waals surface area contributed by atoms with E-state index in [9.17, 15) is 4.79 Å². The van der Waals surface area contributed by atoms with E-state index < -0.39 is 5.41 Å². The maximum atomic E-state index is 12.0. The first-order valence-corrected chi connectivity index (χ1v) is 5.86. The van der Waals surface area contributed by atoms with Gasteiger partial charge in [-0.05, 0) is 12.1 Å². The van der Waals surface area contributed by atoms with Crippen LogP contribution in [0.1, 0.15) is 24.2 Å². The summed E-state index contributed by atoms with van der Waals surface area (Å²) >= 11 is 4.94. The second kappa shape index (κ2) is 5.77. The lowest BCUT2D eigenvalue weighted by atomic mass is 9.93. The number of methoxy groups -OCH3 is 1. The molecule has 6 heteroatoms. The average molecular weight is 267 g/mol. The van der Waals surface area contributed by atoms with E-state index in [0.29, 0.717) is 23.0 Å². The van der Waals surface area contributed by atoms with Crippen molar-refractivity contribution in [1.29, 1.82) is 0 Å². The minimum absolute atomic E-state index is 0.260. The second-order valence-corrected chi connectivity index (χ2v) is 4.93. The van der Waals surface area contributed by atoms with Gasteiger partial charge in [-0.15, -0.1) is 0 Å². The molecule has 0 saturated carbocycles. The Morgan fingerprint density at radius 1 is 1.61 bits per heavy atom. The van der Waals surface area contributed by atoms with Gasteiger partial charge in [-0.3, -0.25) is 4.79 Å². The third-order valence-electron chi connectivity index (χ3n) is 2.57. The van der Waals surface area contributed by atoms with Crippen molar-refractivity contribution in [3.8, 4) is 5.88 Å². The largest absolute Gasteiger partial charge is 0.480 e. The monoisotopic (exact) mass is 267 g/mol. The molecule has 1 rings (SSSR count). The number of pyridine rings is 1. The summed E-state index contributed by atoms with van der Waals surface area (Å²) in [6.45, 7) is 4.10. The lowest BCUT2D eigenvalue weighted by molar-refractivity contribution is 0.0941. The predicted octanol–water partition coefficient (Wildman–Crippen LogP) is 1.13. The molecule has 3 N–H and O–H groups in total. The van der Waals surface area contributed by atoms with Crippen molar-refractivity contribution in [3.63, 3.8) is 0 Å². The van der Waals surface area contributed by atoms with Crippen LogP contribution in [0.2, 0.25) is 0 Å². The Hall–Kier alpha value is -1.69. The minimum Gasteiger partial charge on any atom is -0.480 e. The predicted molar refractivity (Wildman–Crippen MR) is 73.7 cm³/mol. The molecule has 5 nitrogen and oxygen atoms in total. The summed E-state index contributed by atoms with van der Waals surface area (Å²) in [7, 11) is 1.47. The van der Waals surface area contributed by atoms with Gasteiger partial charge in [0, 0.05) is 18.2 Å². The summed E-state index contributed by atoms with van der Waals surface area (Å²) in [5.41, 5.74) is 5.55. The van der Waals surface area contributed by atoms with Gasteiger partial charge in [-0.2, -0.15) is 0 Å². The Morgan fingerprint density at radius 2 is 2.28 bits per heavy atom. The molecule has 0 atom stereocenters. The lowest BCUT2D eigenvalue weighted by Gasteiger charge is -2.23. The van der Waals surface area contributed by atoms with Gasteiger partial charge in [0.1, 0.15) is 5.56 Å². The highest BCUT2D eigenvalue weighted by molar-refractivity contribution is 7.80. The normalized spacial score (nSPS) is 10.8. The van der Waals surface area contributed by atoms with Gasteiger partial charge in [0.05, 0.1) is 12.1 Å². The fourth-order valence-corrected chi connectivity index (χ4v) is 1.28. The van der Waals surface area contributed by atoms with Gasteiger partial charge < -0.3 is 15.8 Å². The first-order valence-electron chi connectivity index (χ1n) is 5.45. The van der Waals surface area contributed by atoms with Crippen LogP contribution in [0.5, 0.6) is 5.88 Å². The number of nitrogens with two attached hydrogens (primary N) is 1. The maximum Gasteiger partial charge on any atom is 0.256 e. The Balaban J connectivity index is 2.75. The van der Waals surface area contributed by atoms with Gasteiger partial charge in [-0.25, -0.2) is 4.98 Å².